The lowest BCUT2D eigenvalue weighted by Crippen LogP contribution is -2.62. The van der Waals surface area contributed by atoms with Crippen molar-refractivity contribution in [1.29, 1.82) is 0 Å². The molecule has 1 aliphatic rings. The van der Waals surface area contributed by atoms with E-state index in [2.05, 4.69) is 39.9 Å². The average molecular weight is 245 g/mol. The van der Waals surface area contributed by atoms with Gasteiger partial charge in [0.2, 0.25) is 0 Å². The molecule has 3 unspecified atom stereocenters. The highest BCUT2D eigenvalue weighted by molar-refractivity contribution is 7.99. The van der Waals surface area contributed by atoms with Crippen molar-refractivity contribution in [2.75, 3.05) is 18.1 Å². The van der Waals surface area contributed by atoms with Crippen molar-refractivity contribution in [3.63, 3.8) is 0 Å². The van der Waals surface area contributed by atoms with Gasteiger partial charge in [-0.3, -0.25) is 0 Å². The summed E-state index contributed by atoms with van der Waals surface area (Å²) in [6.45, 7) is 12.0. The van der Waals surface area contributed by atoms with Crippen molar-refractivity contribution < 1.29 is 4.74 Å². The Balaban J connectivity index is 2.29. The minimum absolute atomic E-state index is 0.293. The summed E-state index contributed by atoms with van der Waals surface area (Å²) < 4.78 is 5.74. The first-order chi connectivity index (χ1) is 7.52. The summed E-state index contributed by atoms with van der Waals surface area (Å²) in [6.07, 6.45) is 1.61. The van der Waals surface area contributed by atoms with Crippen LogP contribution in [0.5, 0.6) is 0 Å². The molecule has 1 saturated carbocycles. The van der Waals surface area contributed by atoms with Gasteiger partial charge >= 0.3 is 0 Å². The zero-order valence-corrected chi connectivity index (χ0v) is 12.2. The molecule has 0 aromatic rings. The standard InChI is InChI=1S/C13H27NOS/c1-6-15-12-8-11(13(12,4)5)14-10(3)9-16-7-2/h10-12,14H,6-9H2,1-5H3. The molecular formula is C13H27NOS. The molecule has 0 aliphatic heterocycles. The number of nitrogens with one attached hydrogen (secondary N) is 1. The summed E-state index contributed by atoms with van der Waals surface area (Å²) in [4.78, 5) is 0. The fraction of sp³-hybridized carbons (Fsp3) is 1.00. The summed E-state index contributed by atoms with van der Waals surface area (Å²) >= 11 is 2.01. The second-order valence-electron chi connectivity index (χ2n) is 5.28. The quantitative estimate of drug-likeness (QED) is 0.745. The summed E-state index contributed by atoms with van der Waals surface area (Å²) in [5.74, 6) is 2.42. The Kier molecular flexibility index (Phi) is 5.62. The first kappa shape index (κ1) is 14.3. The van der Waals surface area contributed by atoms with Crippen LogP contribution in [0, 0.1) is 5.41 Å². The zero-order valence-electron chi connectivity index (χ0n) is 11.4. The number of hydrogen-bond donors (Lipinski definition) is 1. The van der Waals surface area contributed by atoms with Crippen LogP contribution in [0.4, 0.5) is 0 Å². The molecule has 96 valence electrons. The van der Waals surface area contributed by atoms with E-state index in [1.165, 1.54) is 17.9 Å². The van der Waals surface area contributed by atoms with Gasteiger partial charge in [0.25, 0.3) is 0 Å². The third kappa shape index (κ3) is 3.38. The van der Waals surface area contributed by atoms with Gasteiger partial charge in [0.15, 0.2) is 0 Å². The molecular weight excluding hydrogens is 218 g/mol. The Bertz CT molecular complexity index is 208. The van der Waals surface area contributed by atoms with Crippen LogP contribution >= 0.6 is 11.8 Å². The van der Waals surface area contributed by atoms with E-state index in [4.69, 9.17) is 4.74 Å². The van der Waals surface area contributed by atoms with Crippen LogP contribution in [0.15, 0.2) is 0 Å². The molecule has 0 radical (unpaired) electrons. The molecule has 0 bridgehead atoms. The highest BCUT2D eigenvalue weighted by atomic mass is 32.2. The normalized spacial score (nSPS) is 29.8. The highest BCUT2D eigenvalue weighted by Gasteiger charge is 2.48. The van der Waals surface area contributed by atoms with E-state index in [-0.39, 0.29) is 0 Å². The maximum atomic E-state index is 5.74. The zero-order chi connectivity index (χ0) is 12.2. The van der Waals surface area contributed by atoms with Gasteiger partial charge in [-0.15, -0.1) is 0 Å². The molecule has 16 heavy (non-hydrogen) atoms. The molecule has 1 aliphatic carbocycles. The molecule has 0 heterocycles. The molecule has 0 aromatic carbocycles. The number of rotatable bonds is 7. The molecule has 1 rings (SSSR count). The molecule has 0 spiro atoms. The van der Waals surface area contributed by atoms with Crippen LogP contribution in [0.25, 0.3) is 0 Å². The molecule has 1 N–H and O–H groups in total. The lowest BCUT2D eigenvalue weighted by molar-refractivity contribution is -0.115. The molecule has 3 atom stereocenters. The third-order valence-electron chi connectivity index (χ3n) is 3.60. The smallest absolute Gasteiger partial charge is 0.0655 e. The van der Waals surface area contributed by atoms with Crippen molar-refractivity contribution in [2.24, 2.45) is 5.41 Å². The molecule has 0 amide bonds. The van der Waals surface area contributed by atoms with Crippen molar-refractivity contribution in [3.05, 3.63) is 0 Å². The summed E-state index contributed by atoms with van der Waals surface area (Å²) in [5.41, 5.74) is 0.293. The lowest BCUT2D eigenvalue weighted by atomic mass is 9.64. The number of hydrogen-bond acceptors (Lipinski definition) is 3. The SMILES string of the molecule is CCOC1CC(NC(C)CSCC)C1(C)C. The Morgan fingerprint density at radius 3 is 2.62 bits per heavy atom. The van der Waals surface area contributed by atoms with Crippen molar-refractivity contribution in [2.45, 2.75) is 59.2 Å². The van der Waals surface area contributed by atoms with Crippen LogP contribution in [-0.2, 0) is 4.74 Å². The second-order valence-corrected chi connectivity index (χ2v) is 6.60. The van der Waals surface area contributed by atoms with Crippen LogP contribution in [0.3, 0.4) is 0 Å². The van der Waals surface area contributed by atoms with Gasteiger partial charge in [0, 0.05) is 29.9 Å². The van der Waals surface area contributed by atoms with E-state index in [0.29, 0.717) is 23.6 Å². The average Bonchev–Trinajstić information content (AvgIpc) is 2.25. The molecule has 1 fully saturated rings. The Morgan fingerprint density at radius 2 is 2.12 bits per heavy atom. The first-order valence-corrected chi connectivity index (χ1v) is 7.63. The Hall–Kier alpha value is 0.270. The Morgan fingerprint density at radius 1 is 1.44 bits per heavy atom. The lowest BCUT2D eigenvalue weighted by Gasteiger charge is -2.52. The van der Waals surface area contributed by atoms with Gasteiger partial charge < -0.3 is 10.1 Å². The van der Waals surface area contributed by atoms with E-state index in [9.17, 15) is 0 Å². The fourth-order valence-electron chi connectivity index (χ4n) is 2.34. The fourth-order valence-corrected chi connectivity index (χ4v) is 3.02. The first-order valence-electron chi connectivity index (χ1n) is 6.47. The van der Waals surface area contributed by atoms with E-state index in [1.807, 2.05) is 11.8 Å². The third-order valence-corrected chi connectivity index (χ3v) is 4.75. The van der Waals surface area contributed by atoms with Crippen molar-refractivity contribution in [1.82, 2.24) is 5.32 Å². The van der Waals surface area contributed by atoms with Crippen LogP contribution in [-0.4, -0.2) is 36.3 Å². The maximum absolute atomic E-state index is 5.74. The predicted octanol–water partition coefficient (Wildman–Crippen LogP) is 2.92. The number of ether oxygens (including phenoxy) is 1. The summed E-state index contributed by atoms with van der Waals surface area (Å²) in [5, 5.41) is 3.73. The molecule has 0 saturated heterocycles. The van der Waals surface area contributed by atoms with Gasteiger partial charge in [-0.25, -0.2) is 0 Å². The monoisotopic (exact) mass is 245 g/mol. The summed E-state index contributed by atoms with van der Waals surface area (Å²) in [6, 6.07) is 1.23. The van der Waals surface area contributed by atoms with Gasteiger partial charge in [-0.1, -0.05) is 20.8 Å². The van der Waals surface area contributed by atoms with E-state index in [0.717, 1.165) is 6.61 Å². The van der Waals surface area contributed by atoms with Gasteiger partial charge in [-0.05, 0) is 26.0 Å². The topological polar surface area (TPSA) is 21.3 Å². The molecule has 0 aromatic heterocycles. The minimum atomic E-state index is 0.293. The second kappa shape index (κ2) is 6.27. The molecule has 3 heteroatoms. The van der Waals surface area contributed by atoms with E-state index >= 15 is 0 Å². The van der Waals surface area contributed by atoms with Crippen LogP contribution in [0.2, 0.25) is 0 Å². The van der Waals surface area contributed by atoms with Gasteiger partial charge in [-0.2, -0.15) is 11.8 Å². The number of thioether (sulfide) groups is 1. The van der Waals surface area contributed by atoms with E-state index in [1.54, 1.807) is 0 Å². The van der Waals surface area contributed by atoms with Crippen molar-refractivity contribution >= 4 is 11.8 Å². The maximum Gasteiger partial charge on any atom is 0.0655 e. The molecule has 2 nitrogen and oxygen atoms in total. The van der Waals surface area contributed by atoms with Gasteiger partial charge in [0.1, 0.15) is 0 Å². The van der Waals surface area contributed by atoms with Gasteiger partial charge in [0.05, 0.1) is 6.10 Å². The predicted molar refractivity (Wildman–Crippen MR) is 73.2 cm³/mol. The Labute approximate surface area is 105 Å². The van der Waals surface area contributed by atoms with Crippen LogP contribution in [0.1, 0.15) is 41.0 Å². The van der Waals surface area contributed by atoms with Crippen molar-refractivity contribution in [3.8, 4) is 0 Å². The largest absolute Gasteiger partial charge is 0.378 e. The minimum Gasteiger partial charge on any atom is -0.378 e. The highest BCUT2D eigenvalue weighted by Crippen LogP contribution is 2.42. The van der Waals surface area contributed by atoms with E-state index < -0.39 is 0 Å². The van der Waals surface area contributed by atoms with Crippen LogP contribution < -0.4 is 5.32 Å². The summed E-state index contributed by atoms with van der Waals surface area (Å²) in [7, 11) is 0.